The molecule has 0 radical (unpaired) electrons. The second-order valence-electron chi connectivity index (χ2n) is 6.71. The fourth-order valence-electron chi connectivity index (χ4n) is 2.47. The second kappa shape index (κ2) is 11.5. The van der Waals surface area contributed by atoms with Crippen LogP contribution in [-0.2, 0) is 20.9 Å². The summed E-state index contributed by atoms with van der Waals surface area (Å²) >= 11 is 0. The van der Waals surface area contributed by atoms with E-state index in [2.05, 4.69) is 10.6 Å². The molecule has 2 amide bonds. The van der Waals surface area contributed by atoms with Gasteiger partial charge in [0.15, 0.2) is 18.1 Å². The molecular formula is C22H26N2O6. The zero-order valence-electron chi connectivity index (χ0n) is 17.3. The summed E-state index contributed by atoms with van der Waals surface area (Å²) in [4.78, 5) is 35.5. The molecule has 0 aliphatic carbocycles. The quantitative estimate of drug-likeness (QED) is 0.577. The Balaban J connectivity index is 1.86. The van der Waals surface area contributed by atoms with E-state index in [9.17, 15) is 14.4 Å². The molecule has 0 heterocycles. The van der Waals surface area contributed by atoms with Gasteiger partial charge in [0.25, 0.3) is 5.91 Å². The van der Waals surface area contributed by atoms with E-state index in [1.54, 1.807) is 6.07 Å². The Labute approximate surface area is 175 Å². The highest BCUT2D eigenvalue weighted by Crippen LogP contribution is 2.29. The molecule has 0 atom stereocenters. The molecule has 2 aromatic rings. The van der Waals surface area contributed by atoms with Gasteiger partial charge in [-0.3, -0.25) is 9.59 Å². The monoisotopic (exact) mass is 414 g/mol. The van der Waals surface area contributed by atoms with E-state index < -0.39 is 18.5 Å². The number of esters is 1. The molecule has 8 heteroatoms. The number of carbonyl (C=O) groups is 3. The summed E-state index contributed by atoms with van der Waals surface area (Å²) in [6.07, 6.45) is 0. The third-order valence-electron chi connectivity index (χ3n) is 3.87. The minimum Gasteiger partial charge on any atom is -0.493 e. The van der Waals surface area contributed by atoms with Gasteiger partial charge in [-0.25, -0.2) is 4.79 Å². The Kier molecular flexibility index (Phi) is 8.68. The minimum absolute atomic E-state index is 0.0261. The van der Waals surface area contributed by atoms with E-state index in [1.165, 1.54) is 19.2 Å². The summed E-state index contributed by atoms with van der Waals surface area (Å²) in [5.41, 5.74) is 1.21. The zero-order chi connectivity index (χ0) is 21.9. The van der Waals surface area contributed by atoms with Gasteiger partial charge in [-0.15, -0.1) is 0 Å². The number of nitrogens with one attached hydrogen (secondary N) is 2. The maximum absolute atomic E-state index is 12.2. The number of benzene rings is 2. The van der Waals surface area contributed by atoms with E-state index in [1.807, 2.05) is 44.2 Å². The van der Waals surface area contributed by atoms with Crippen LogP contribution in [0, 0.1) is 0 Å². The Morgan fingerprint density at radius 2 is 1.70 bits per heavy atom. The van der Waals surface area contributed by atoms with E-state index >= 15 is 0 Å². The van der Waals surface area contributed by atoms with Crippen LogP contribution in [0.1, 0.15) is 29.8 Å². The number of methoxy groups -OCH3 is 1. The van der Waals surface area contributed by atoms with Crippen LogP contribution in [0.25, 0.3) is 0 Å². The van der Waals surface area contributed by atoms with Gasteiger partial charge in [0.1, 0.15) is 6.61 Å². The highest BCUT2D eigenvalue weighted by Gasteiger charge is 2.15. The molecule has 0 saturated carbocycles. The molecule has 2 rings (SSSR count). The first-order chi connectivity index (χ1) is 14.4. The predicted octanol–water partition coefficient (Wildman–Crippen LogP) is 2.07. The summed E-state index contributed by atoms with van der Waals surface area (Å²) in [5, 5.41) is 5.03. The van der Waals surface area contributed by atoms with Gasteiger partial charge in [-0.05, 0) is 37.6 Å². The van der Waals surface area contributed by atoms with Gasteiger partial charge in [0.2, 0.25) is 5.91 Å². The zero-order valence-corrected chi connectivity index (χ0v) is 17.3. The van der Waals surface area contributed by atoms with Crippen molar-refractivity contribution in [2.75, 3.05) is 20.3 Å². The average Bonchev–Trinajstić information content (AvgIpc) is 2.74. The molecule has 2 aromatic carbocycles. The van der Waals surface area contributed by atoms with Crippen LogP contribution in [0.5, 0.6) is 11.5 Å². The lowest BCUT2D eigenvalue weighted by atomic mass is 10.2. The van der Waals surface area contributed by atoms with Gasteiger partial charge in [-0.1, -0.05) is 30.3 Å². The van der Waals surface area contributed by atoms with Crippen LogP contribution in [0.3, 0.4) is 0 Å². The molecule has 0 fully saturated rings. The van der Waals surface area contributed by atoms with Crippen LogP contribution in [0.4, 0.5) is 0 Å². The third-order valence-corrected chi connectivity index (χ3v) is 3.87. The molecule has 0 bridgehead atoms. The molecule has 0 spiro atoms. The van der Waals surface area contributed by atoms with Crippen molar-refractivity contribution in [1.29, 1.82) is 0 Å². The molecule has 0 unspecified atom stereocenters. The van der Waals surface area contributed by atoms with E-state index in [0.29, 0.717) is 18.1 Å². The third kappa shape index (κ3) is 7.46. The van der Waals surface area contributed by atoms with Crippen molar-refractivity contribution in [3.05, 3.63) is 59.7 Å². The normalized spacial score (nSPS) is 10.3. The lowest BCUT2D eigenvalue weighted by Crippen LogP contribution is -2.41. The number of carbonyl (C=O) groups excluding carboxylic acids is 3. The van der Waals surface area contributed by atoms with Crippen LogP contribution in [0.2, 0.25) is 0 Å². The topological polar surface area (TPSA) is 103 Å². The number of hydrogen-bond donors (Lipinski definition) is 2. The number of hydrogen-bond acceptors (Lipinski definition) is 6. The summed E-state index contributed by atoms with van der Waals surface area (Å²) in [6.45, 7) is 3.30. The molecule has 0 saturated heterocycles. The van der Waals surface area contributed by atoms with Crippen molar-refractivity contribution in [2.45, 2.75) is 26.5 Å². The SMILES string of the molecule is COc1cc(C(=O)OCC(=O)NCC(=O)NC(C)C)ccc1OCc1ccccc1. The van der Waals surface area contributed by atoms with Crippen molar-refractivity contribution in [3.8, 4) is 11.5 Å². The van der Waals surface area contributed by atoms with Crippen molar-refractivity contribution in [2.24, 2.45) is 0 Å². The van der Waals surface area contributed by atoms with E-state index in [-0.39, 0.29) is 24.1 Å². The summed E-state index contributed by atoms with van der Waals surface area (Å²) in [5.74, 6) is -0.732. The van der Waals surface area contributed by atoms with Gasteiger partial charge in [-0.2, -0.15) is 0 Å². The van der Waals surface area contributed by atoms with E-state index in [0.717, 1.165) is 5.56 Å². The first kappa shape index (κ1) is 22.7. The molecule has 2 N–H and O–H groups in total. The van der Waals surface area contributed by atoms with Gasteiger partial charge in [0.05, 0.1) is 19.2 Å². The van der Waals surface area contributed by atoms with Crippen molar-refractivity contribution >= 4 is 17.8 Å². The fourth-order valence-corrected chi connectivity index (χ4v) is 2.47. The van der Waals surface area contributed by atoms with Crippen LogP contribution >= 0.6 is 0 Å². The van der Waals surface area contributed by atoms with Crippen LogP contribution in [-0.4, -0.2) is 44.1 Å². The molecule has 160 valence electrons. The Morgan fingerprint density at radius 1 is 0.967 bits per heavy atom. The highest BCUT2D eigenvalue weighted by molar-refractivity contribution is 5.92. The molecule has 0 aliphatic rings. The molecule has 0 aromatic heterocycles. The van der Waals surface area contributed by atoms with Crippen molar-refractivity contribution < 1.29 is 28.6 Å². The fraction of sp³-hybridized carbons (Fsp3) is 0.318. The Morgan fingerprint density at radius 3 is 2.37 bits per heavy atom. The van der Waals surface area contributed by atoms with Gasteiger partial charge in [0, 0.05) is 6.04 Å². The average molecular weight is 414 g/mol. The predicted molar refractivity (Wildman–Crippen MR) is 110 cm³/mol. The number of amides is 2. The van der Waals surface area contributed by atoms with Crippen LogP contribution in [0.15, 0.2) is 48.5 Å². The standard InChI is InChI=1S/C22H26N2O6/c1-15(2)24-20(25)12-23-21(26)14-30-22(27)17-9-10-18(19(11-17)28-3)29-13-16-7-5-4-6-8-16/h4-11,15H,12-14H2,1-3H3,(H,23,26)(H,24,25). The first-order valence-electron chi connectivity index (χ1n) is 9.47. The molecule has 8 nitrogen and oxygen atoms in total. The lowest BCUT2D eigenvalue weighted by molar-refractivity contribution is -0.128. The maximum Gasteiger partial charge on any atom is 0.338 e. The number of ether oxygens (including phenoxy) is 3. The van der Waals surface area contributed by atoms with Gasteiger partial charge >= 0.3 is 5.97 Å². The first-order valence-corrected chi connectivity index (χ1v) is 9.47. The highest BCUT2D eigenvalue weighted by atomic mass is 16.5. The maximum atomic E-state index is 12.2. The minimum atomic E-state index is -0.690. The smallest absolute Gasteiger partial charge is 0.338 e. The molecular weight excluding hydrogens is 388 g/mol. The van der Waals surface area contributed by atoms with Crippen molar-refractivity contribution in [3.63, 3.8) is 0 Å². The van der Waals surface area contributed by atoms with Crippen LogP contribution < -0.4 is 20.1 Å². The molecule has 30 heavy (non-hydrogen) atoms. The lowest BCUT2D eigenvalue weighted by Gasteiger charge is -2.12. The Hall–Kier alpha value is -3.55. The number of rotatable bonds is 10. The largest absolute Gasteiger partial charge is 0.493 e. The summed E-state index contributed by atoms with van der Waals surface area (Å²) in [6, 6.07) is 14.2. The van der Waals surface area contributed by atoms with Crippen molar-refractivity contribution in [1.82, 2.24) is 10.6 Å². The second-order valence-corrected chi connectivity index (χ2v) is 6.71. The molecule has 0 aliphatic heterocycles. The van der Waals surface area contributed by atoms with E-state index in [4.69, 9.17) is 14.2 Å². The summed E-state index contributed by atoms with van der Waals surface area (Å²) < 4.78 is 16.0. The van der Waals surface area contributed by atoms with Gasteiger partial charge < -0.3 is 24.8 Å². The summed E-state index contributed by atoms with van der Waals surface area (Å²) in [7, 11) is 1.47. The Bertz CT molecular complexity index is 867.